The first-order valence-corrected chi connectivity index (χ1v) is 12.6. The van der Waals surface area contributed by atoms with Crippen molar-refractivity contribution in [2.24, 2.45) is 0 Å². The number of hydrogen-bond acceptors (Lipinski definition) is 6. The average molecular weight is 604 g/mol. The highest BCUT2D eigenvalue weighted by atomic mass is 79.9. The molecule has 0 spiro atoms. The molecule has 0 atom stereocenters. The van der Waals surface area contributed by atoms with Crippen LogP contribution >= 0.6 is 31.9 Å². The number of fused-ring (bicyclic) bond motifs is 4. The van der Waals surface area contributed by atoms with E-state index in [9.17, 15) is 14.7 Å². The van der Waals surface area contributed by atoms with Gasteiger partial charge in [-0.3, -0.25) is 9.59 Å². The van der Waals surface area contributed by atoms with E-state index in [1.807, 2.05) is 45.9 Å². The van der Waals surface area contributed by atoms with E-state index in [1.165, 1.54) is 6.39 Å². The number of nitrogens with zero attached hydrogens (tertiary/aromatic N) is 3. The molecule has 3 N–H and O–H groups in total. The number of pyridine rings is 2. The SMILES string of the molecule is CCn1c(=O)c(N)c(O)c2ccc(Br)c(C)c21.CCn1c(=O)c2ncoc2c2ccc(Br)c(C)c21. The summed E-state index contributed by atoms with van der Waals surface area (Å²) in [5.74, 6) is -0.134. The summed E-state index contributed by atoms with van der Waals surface area (Å²) in [6.45, 7) is 8.82. The van der Waals surface area contributed by atoms with Crippen LogP contribution in [0, 0.1) is 13.8 Å². The number of aromatic nitrogens is 3. The first-order chi connectivity index (χ1) is 16.6. The molecule has 0 saturated carbocycles. The average Bonchev–Trinajstić information content (AvgIpc) is 3.34. The number of oxazole rings is 1. The summed E-state index contributed by atoms with van der Waals surface area (Å²) in [4.78, 5) is 28.3. The molecule has 0 aliphatic rings. The monoisotopic (exact) mass is 602 g/mol. The zero-order chi connectivity index (χ0) is 25.6. The van der Waals surface area contributed by atoms with Gasteiger partial charge >= 0.3 is 0 Å². The smallest absolute Gasteiger partial charge is 0.280 e. The minimum absolute atomic E-state index is 0.0962. The molecule has 35 heavy (non-hydrogen) atoms. The second kappa shape index (κ2) is 9.50. The van der Waals surface area contributed by atoms with Crippen LogP contribution in [0.25, 0.3) is 32.9 Å². The lowest BCUT2D eigenvalue weighted by molar-refractivity contribution is 0.482. The van der Waals surface area contributed by atoms with Crippen molar-refractivity contribution in [1.29, 1.82) is 0 Å². The van der Waals surface area contributed by atoms with Gasteiger partial charge in [0.1, 0.15) is 5.69 Å². The summed E-state index contributed by atoms with van der Waals surface area (Å²) in [5.41, 5.74) is 9.60. The van der Waals surface area contributed by atoms with Gasteiger partial charge in [0.15, 0.2) is 23.2 Å². The lowest BCUT2D eigenvalue weighted by Gasteiger charge is -2.14. The van der Waals surface area contributed by atoms with Gasteiger partial charge < -0.3 is 24.4 Å². The van der Waals surface area contributed by atoms with Crippen LogP contribution in [-0.4, -0.2) is 19.2 Å². The predicted molar refractivity (Wildman–Crippen MR) is 146 cm³/mol. The van der Waals surface area contributed by atoms with E-state index < -0.39 is 0 Å². The van der Waals surface area contributed by atoms with Crippen LogP contribution in [-0.2, 0) is 13.1 Å². The fourth-order valence-corrected chi connectivity index (χ4v) is 4.98. The Balaban J connectivity index is 0.000000165. The molecule has 5 aromatic rings. The van der Waals surface area contributed by atoms with E-state index >= 15 is 0 Å². The van der Waals surface area contributed by atoms with Crippen molar-refractivity contribution in [2.75, 3.05) is 5.73 Å². The largest absolute Gasteiger partial charge is 0.505 e. The minimum atomic E-state index is -0.348. The van der Waals surface area contributed by atoms with E-state index in [2.05, 4.69) is 36.8 Å². The molecule has 0 bridgehead atoms. The number of aryl methyl sites for hydroxylation is 4. The van der Waals surface area contributed by atoms with Gasteiger partial charge in [-0.1, -0.05) is 31.9 Å². The third-order valence-corrected chi connectivity index (χ3v) is 7.87. The number of hydrogen-bond donors (Lipinski definition) is 2. The summed E-state index contributed by atoms with van der Waals surface area (Å²) < 4.78 is 10.6. The van der Waals surface area contributed by atoms with E-state index in [0.717, 1.165) is 36.5 Å². The van der Waals surface area contributed by atoms with Gasteiger partial charge in [0, 0.05) is 32.8 Å². The van der Waals surface area contributed by atoms with Crippen LogP contribution in [0.3, 0.4) is 0 Å². The van der Waals surface area contributed by atoms with Crippen LogP contribution in [0.1, 0.15) is 25.0 Å². The molecule has 0 saturated heterocycles. The number of nitrogens with two attached hydrogens (primary N) is 1. The van der Waals surface area contributed by atoms with Crippen molar-refractivity contribution < 1.29 is 9.52 Å². The number of rotatable bonds is 2. The topological polar surface area (TPSA) is 116 Å². The van der Waals surface area contributed by atoms with Crippen LogP contribution in [0.15, 0.2) is 53.6 Å². The number of aromatic hydroxyl groups is 1. The van der Waals surface area contributed by atoms with Crippen molar-refractivity contribution >= 4 is 70.5 Å². The number of nitrogen functional groups attached to an aromatic ring is 1. The van der Waals surface area contributed by atoms with E-state index in [1.54, 1.807) is 15.2 Å². The lowest BCUT2D eigenvalue weighted by atomic mass is 10.1. The Bertz CT molecular complexity index is 1730. The standard InChI is InChI=1S/C13H11BrN2O2.C12H13BrN2O2/c1-3-16-11-7(2)9(14)5-4-8(11)12-10(13(16)17)15-6-18-12;1-3-15-10-6(2)8(13)5-4-7(10)11(16)9(14)12(15)17/h4-6H,3H2,1-2H3;4-5,16H,3,14H2,1-2H3. The number of halogens is 2. The van der Waals surface area contributed by atoms with Gasteiger partial charge in [-0.2, -0.15) is 0 Å². The third-order valence-electron chi connectivity index (χ3n) is 6.15. The molecule has 0 unspecified atom stereocenters. The van der Waals surface area contributed by atoms with Gasteiger partial charge in [-0.05, 0) is 63.1 Å². The summed E-state index contributed by atoms with van der Waals surface area (Å²) in [7, 11) is 0. The maximum absolute atomic E-state index is 12.3. The molecule has 0 fully saturated rings. The maximum Gasteiger partial charge on any atom is 0.280 e. The van der Waals surface area contributed by atoms with E-state index in [0.29, 0.717) is 29.6 Å². The van der Waals surface area contributed by atoms with E-state index in [-0.39, 0.29) is 22.6 Å². The molecule has 10 heteroatoms. The summed E-state index contributed by atoms with van der Waals surface area (Å²) in [5, 5.41) is 11.4. The first-order valence-electron chi connectivity index (χ1n) is 11.0. The highest BCUT2D eigenvalue weighted by Crippen LogP contribution is 2.33. The summed E-state index contributed by atoms with van der Waals surface area (Å²) in [6.07, 6.45) is 1.32. The Hall–Kier alpha value is -3.11. The zero-order valence-electron chi connectivity index (χ0n) is 19.6. The minimum Gasteiger partial charge on any atom is -0.505 e. The quantitative estimate of drug-likeness (QED) is 0.271. The molecule has 0 aliphatic heterocycles. The Morgan fingerprint density at radius 1 is 0.914 bits per heavy atom. The van der Waals surface area contributed by atoms with Crippen molar-refractivity contribution in [1.82, 2.24) is 14.1 Å². The fraction of sp³-hybridized carbons (Fsp3) is 0.240. The zero-order valence-corrected chi connectivity index (χ0v) is 22.8. The van der Waals surface area contributed by atoms with Gasteiger partial charge in [-0.25, -0.2) is 4.98 Å². The highest BCUT2D eigenvalue weighted by Gasteiger charge is 2.17. The van der Waals surface area contributed by atoms with Crippen molar-refractivity contribution in [3.05, 3.63) is 71.4 Å². The third kappa shape index (κ3) is 3.94. The van der Waals surface area contributed by atoms with Crippen LogP contribution in [0.5, 0.6) is 5.75 Å². The number of anilines is 1. The molecule has 3 heterocycles. The Morgan fingerprint density at radius 3 is 2.00 bits per heavy atom. The van der Waals surface area contributed by atoms with Gasteiger partial charge in [0.25, 0.3) is 11.1 Å². The molecular weight excluding hydrogens is 580 g/mol. The van der Waals surface area contributed by atoms with Crippen LogP contribution in [0.2, 0.25) is 0 Å². The molecule has 2 aromatic carbocycles. The summed E-state index contributed by atoms with van der Waals surface area (Å²) in [6, 6.07) is 7.50. The Labute approximate surface area is 217 Å². The molecule has 3 aromatic heterocycles. The predicted octanol–water partition coefficient (Wildman–Crippen LogP) is 5.61. The van der Waals surface area contributed by atoms with Gasteiger partial charge in [0.05, 0.1) is 11.0 Å². The van der Waals surface area contributed by atoms with Crippen molar-refractivity contribution in [2.45, 2.75) is 40.8 Å². The normalized spacial score (nSPS) is 11.3. The Morgan fingerprint density at radius 2 is 1.43 bits per heavy atom. The van der Waals surface area contributed by atoms with Crippen LogP contribution < -0.4 is 16.9 Å². The number of benzene rings is 2. The van der Waals surface area contributed by atoms with Crippen molar-refractivity contribution in [3.8, 4) is 5.75 Å². The van der Waals surface area contributed by atoms with Gasteiger partial charge in [0.2, 0.25) is 0 Å². The molecule has 0 amide bonds. The van der Waals surface area contributed by atoms with Gasteiger partial charge in [-0.15, -0.1) is 0 Å². The van der Waals surface area contributed by atoms with Crippen molar-refractivity contribution in [3.63, 3.8) is 0 Å². The second-order valence-electron chi connectivity index (χ2n) is 8.03. The Kier molecular flexibility index (Phi) is 6.79. The van der Waals surface area contributed by atoms with Crippen LogP contribution in [0.4, 0.5) is 5.69 Å². The molecule has 0 radical (unpaired) electrons. The molecule has 8 nitrogen and oxygen atoms in total. The second-order valence-corrected chi connectivity index (χ2v) is 9.74. The first kappa shape index (κ1) is 25.0. The molecule has 182 valence electrons. The lowest BCUT2D eigenvalue weighted by Crippen LogP contribution is -2.23. The molecule has 5 rings (SSSR count). The highest BCUT2D eigenvalue weighted by molar-refractivity contribution is 9.10. The fourth-order valence-electron chi connectivity index (χ4n) is 4.34. The van der Waals surface area contributed by atoms with E-state index in [4.69, 9.17) is 10.2 Å². The molecule has 0 aliphatic carbocycles. The maximum atomic E-state index is 12.3. The summed E-state index contributed by atoms with van der Waals surface area (Å²) >= 11 is 6.92. The molecular formula is C25H24Br2N4O4.